The lowest BCUT2D eigenvalue weighted by atomic mass is 9.91. The van der Waals surface area contributed by atoms with Crippen LogP contribution in [-0.4, -0.2) is 41.0 Å². The van der Waals surface area contributed by atoms with Gasteiger partial charge in [-0.2, -0.15) is 0 Å². The molecule has 1 aromatic rings. The lowest BCUT2D eigenvalue weighted by Crippen LogP contribution is -2.42. The van der Waals surface area contributed by atoms with E-state index < -0.39 is 12.0 Å². The molecule has 1 heterocycles. The summed E-state index contributed by atoms with van der Waals surface area (Å²) in [5.41, 5.74) is 1.99. The van der Waals surface area contributed by atoms with Crippen LogP contribution in [0.25, 0.3) is 0 Å². The molecule has 0 saturated carbocycles. The highest BCUT2D eigenvalue weighted by atomic mass is 16.3. The van der Waals surface area contributed by atoms with Crippen molar-refractivity contribution in [3.8, 4) is 0 Å². The molecule has 2 N–H and O–H groups in total. The fourth-order valence-corrected chi connectivity index (χ4v) is 3.14. The third-order valence-corrected chi connectivity index (χ3v) is 4.28. The number of nitrogens with one attached hydrogen (secondary N) is 1. The van der Waals surface area contributed by atoms with Crippen LogP contribution in [0.2, 0.25) is 0 Å². The smallest absolute Gasteiger partial charge is 0.253 e. The van der Waals surface area contributed by atoms with Gasteiger partial charge in [0, 0.05) is 24.3 Å². The van der Waals surface area contributed by atoms with E-state index in [2.05, 4.69) is 19.2 Å². The standard InChI is InChI=1S/C18H26N2O3/c1-11-7-12(2)10-20(9-11)18(23)15-6-5-13(3)16(8-15)19-17(22)14(4)21/h5-6,8,11-12,14,21H,7,9-10H2,1-4H3,(H,19,22). The SMILES string of the molecule is Cc1ccc(C(=O)N2CC(C)CC(C)C2)cc1NC(=O)C(C)O. The Morgan fingerprint density at radius 2 is 1.87 bits per heavy atom. The molecule has 1 aromatic carbocycles. The second-order valence-electron chi connectivity index (χ2n) is 6.85. The van der Waals surface area contributed by atoms with E-state index in [-0.39, 0.29) is 5.91 Å². The van der Waals surface area contributed by atoms with E-state index in [1.165, 1.54) is 6.92 Å². The van der Waals surface area contributed by atoms with Crippen LogP contribution >= 0.6 is 0 Å². The topological polar surface area (TPSA) is 69.6 Å². The molecular formula is C18H26N2O3. The predicted octanol–water partition coefficient (Wildman–Crippen LogP) is 2.43. The highest BCUT2D eigenvalue weighted by Gasteiger charge is 2.26. The average molecular weight is 318 g/mol. The summed E-state index contributed by atoms with van der Waals surface area (Å²) in [5, 5.41) is 12.0. The Labute approximate surface area is 137 Å². The van der Waals surface area contributed by atoms with Crippen molar-refractivity contribution in [1.29, 1.82) is 0 Å². The van der Waals surface area contributed by atoms with Gasteiger partial charge < -0.3 is 15.3 Å². The molecule has 3 atom stereocenters. The number of nitrogens with zero attached hydrogens (tertiary/aromatic N) is 1. The number of likely N-dealkylation sites (tertiary alicyclic amines) is 1. The van der Waals surface area contributed by atoms with Gasteiger partial charge in [0.1, 0.15) is 6.10 Å². The largest absolute Gasteiger partial charge is 0.384 e. The number of benzene rings is 1. The summed E-state index contributed by atoms with van der Waals surface area (Å²) in [6.45, 7) is 9.14. The van der Waals surface area contributed by atoms with Gasteiger partial charge in [-0.3, -0.25) is 9.59 Å². The summed E-state index contributed by atoms with van der Waals surface area (Å²) in [4.78, 5) is 26.3. The molecule has 2 amide bonds. The van der Waals surface area contributed by atoms with Gasteiger partial charge in [-0.15, -0.1) is 0 Å². The molecule has 5 heteroatoms. The van der Waals surface area contributed by atoms with Gasteiger partial charge in [0.2, 0.25) is 0 Å². The zero-order chi connectivity index (χ0) is 17.1. The third kappa shape index (κ3) is 4.32. The summed E-state index contributed by atoms with van der Waals surface area (Å²) in [6, 6.07) is 5.31. The Hall–Kier alpha value is -1.88. The monoisotopic (exact) mass is 318 g/mol. The number of piperidine rings is 1. The van der Waals surface area contributed by atoms with Crippen molar-refractivity contribution in [2.45, 2.75) is 40.2 Å². The normalized spacial score (nSPS) is 22.6. The van der Waals surface area contributed by atoms with E-state index in [1.54, 1.807) is 12.1 Å². The predicted molar refractivity (Wildman–Crippen MR) is 90.3 cm³/mol. The van der Waals surface area contributed by atoms with Crippen molar-refractivity contribution >= 4 is 17.5 Å². The first-order chi connectivity index (χ1) is 10.8. The summed E-state index contributed by atoms with van der Waals surface area (Å²) in [5.74, 6) is 0.527. The lowest BCUT2D eigenvalue weighted by Gasteiger charge is -2.35. The van der Waals surface area contributed by atoms with Crippen LogP contribution in [0.15, 0.2) is 18.2 Å². The van der Waals surface area contributed by atoms with Crippen LogP contribution in [0.4, 0.5) is 5.69 Å². The summed E-state index contributed by atoms with van der Waals surface area (Å²) < 4.78 is 0. The first kappa shape index (κ1) is 17.5. The quantitative estimate of drug-likeness (QED) is 0.899. The zero-order valence-corrected chi connectivity index (χ0v) is 14.3. The molecule has 5 nitrogen and oxygen atoms in total. The lowest BCUT2D eigenvalue weighted by molar-refractivity contribution is -0.123. The van der Waals surface area contributed by atoms with Crippen molar-refractivity contribution in [1.82, 2.24) is 4.90 Å². The van der Waals surface area contributed by atoms with Crippen LogP contribution in [0.1, 0.15) is 43.1 Å². The number of aryl methyl sites for hydroxylation is 1. The molecule has 1 saturated heterocycles. The number of aliphatic hydroxyl groups is 1. The molecule has 1 aliphatic heterocycles. The van der Waals surface area contributed by atoms with E-state index >= 15 is 0 Å². The van der Waals surface area contributed by atoms with E-state index in [0.717, 1.165) is 25.1 Å². The summed E-state index contributed by atoms with van der Waals surface area (Å²) in [7, 11) is 0. The Kier molecular flexibility index (Phi) is 5.42. The zero-order valence-electron chi connectivity index (χ0n) is 14.3. The number of amides is 2. The number of carbonyl (C=O) groups is 2. The summed E-state index contributed by atoms with van der Waals surface area (Å²) in [6.07, 6.45) is 0.0606. The second kappa shape index (κ2) is 7.13. The first-order valence-electron chi connectivity index (χ1n) is 8.16. The minimum Gasteiger partial charge on any atom is -0.384 e. The highest BCUT2D eigenvalue weighted by Crippen LogP contribution is 2.24. The fraction of sp³-hybridized carbons (Fsp3) is 0.556. The van der Waals surface area contributed by atoms with Crippen LogP contribution in [-0.2, 0) is 4.79 Å². The van der Waals surface area contributed by atoms with Crippen molar-refractivity contribution in [2.24, 2.45) is 11.8 Å². The fourth-order valence-electron chi connectivity index (χ4n) is 3.14. The molecule has 23 heavy (non-hydrogen) atoms. The van der Waals surface area contributed by atoms with Crippen molar-refractivity contribution in [2.75, 3.05) is 18.4 Å². The first-order valence-corrected chi connectivity index (χ1v) is 8.16. The van der Waals surface area contributed by atoms with Gasteiger partial charge in [0.15, 0.2) is 0 Å². The number of anilines is 1. The van der Waals surface area contributed by atoms with E-state index in [9.17, 15) is 14.7 Å². The highest BCUT2D eigenvalue weighted by molar-refractivity contribution is 5.98. The molecule has 126 valence electrons. The molecule has 1 aliphatic rings. The van der Waals surface area contributed by atoms with Crippen LogP contribution < -0.4 is 5.32 Å². The molecule has 0 aromatic heterocycles. The number of rotatable bonds is 3. The van der Waals surface area contributed by atoms with Crippen LogP contribution in [0.5, 0.6) is 0 Å². The van der Waals surface area contributed by atoms with Gasteiger partial charge in [0.25, 0.3) is 11.8 Å². The molecule has 2 rings (SSSR count). The number of aliphatic hydroxyl groups excluding tert-OH is 1. The molecule has 0 radical (unpaired) electrons. The van der Waals surface area contributed by atoms with Crippen LogP contribution in [0.3, 0.4) is 0 Å². The van der Waals surface area contributed by atoms with Gasteiger partial charge >= 0.3 is 0 Å². The third-order valence-electron chi connectivity index (χ3n) is 4.28. The maximum absolute atomic E-state index is 12.7. The Bertz CT molecular complexity index is 588. The maximum atomic E-state index is 12.7. The molecular weight excluding hydrogens is 292 g/mol. The molecule has 0 bridgehead atoms. The molecule has 0 aliphatic carbocycles. The second-order valence-corrected chi connectivity index (χ2v) is 6.85. The summed E-state index contributed by atoms with van der Waals surface area (Å²) >= 11 is 0. The Morgan fingerprint density at radius 1 is 1.26 bits per heavy atom. The van der Waals surface area contributed by atoms with Gasteiger partial charge in [-0.1, -0.05) is 19.9 Å². The van der Waals surface area contributed by atoms with Crippen molar-refractivity contribution in [3.05, 3.63) is 29.3 Å². The number of hydrogen-bond acceptors (Lipinski definition) is 3. The average Bonchev–Trinajstić information content (AvgIpc) is 2.47. The van der Waals surface area contributed by atoms with E-state index in [4.69, 9.17) is 0 Å². The van der Waals surface area contributed by atoms with E-state index in [0.29, 0.717) is 23.1 Å². The van der Waals surface area contributed by atoms with E-state index in [1.807, 2.05) is 17.9 Å². The van der Waals surface area contributed by atoms with Crippen LogP contribution in [0, 0.1) is 18.8 Å². The molecule has 3 unspecified atom stereocenters. The minimum absolute atomic E-state index is 0.00375. The maximum Gasteiger partial charge on any atom is 0.253 e. The van der Waals surface area contributed by atoms with Crippen molar-refractivity contribution in [3.63, 3.8) is 0 Å². The Morgan fingerprint density at radius 3 is 2.43 bits per heavy atom. The van der Waals surface area contributed by atoms with Gasteiger partial charge in [0.05, 0.1) is 0 Å². The number of carbonyl (C=O) groups excluding carboxylic acids is 2. The van der Waals surface area contributed by atoms with Crippen molar-refractivity contribution < 1.29 is 14.7 Å². The van der Waals surface area contributed by atoms with Gasteiger partial charge in [-0.25, -0.2) is 0 Å². The minimum atomic E-state index is -1.09. The van der Waals surface area contributed by atoms with Gasteiger partial charge in [-0.05, 0) is 49.8 Å². The number of hydrogen-bond donors (Lipinski definition) is 2. The molecule has 0 spiro atoms. The Balaban J connectivity index is 2.19. The molecule has 1 fully saturated rings.